The zero-order valence-electron chi connectivity index (χ0n) is 12.8. The molecule has 1 aliphatic heterocycles. The lowest BCUT2D eigenvalue weighted by atomic mass is 9.91. The maximum absolute atomic E-state index is 12.7. The van der Waals surface area contributed by atoms with Crippen molar-refractivity contribution < 1.29 is 27.9 Å². The molecule has 2 unspecified atom stereocenters. The fraction of sp³-hybridized carbons (Fsp3) is 0.294. The molecule has 0 amide bonds. The Labute approximate surface area is 136 Å². The first-order valence-electron chi connectivity index (χ1n) is 7.25. The number of rotatable bonds is 5. The monoisotopic (exact) mass is 339 g/mol. The number of carbonyl (C=O) groups excluding carboxylic acids is 1. The number of carboxylic acid groups (broad SMARTS) is 1. The van der Waals surface area contributed by atoms with Gasteiger partial charge in [0, 0.05) is 18.3 Å². The van der Waals surface area contributed by atoms with Crippen molar-refractivity contribution in [1.82, 2.24) is 4.90 Å². The number of alkyl halides is 3. The Morgan fingerprint density at radius 3 is 2.25 bits per heavy atom. The van der Waals surface area contributed by atoms with Gasteiger partial charge in [0.05, 0.1) is 11.5 Å². The van der Waals surface area contributed by atoms with Crippen molar-refractivity contribution in [3.63, 3.8) is 0 Å². The highest BCUT2D eigenvalue weighted by atomic mass is 19.4. The number of ketones is 1. The number of halogens is 3. The third kappa shape index (κ3) is 3.84. The van der Waals surface area contributed by atoms with Crippen molar-refractivity contribution >= 4 is 11.8 Å². The molecular weight excluding hydrogens is 323 g/mol. The molecule has 4 nitrogen and oxygen atoms in total. The predicted octanol–water partition coefficient (Wildman–Crippen LogP) is 3.36. The Kier molecular flexibility index (Phi) is 5.11. The summed E-state index contributed by atoms with van der Waals surface area (Å²) in [4.78, 5) is 25.6. The van der Waals surface area contributed by atoms with E-state index in [9.17, 15) is 27.9 Å². The van der Waals surface area contributed by atoms with Crippen LogP contribution < -0.4 is 0 Å². The van der Waals surface area contributed by atoms with E-state index >= 15 is 0 Å². The molecule has 0 aliphatic carbocycles. The molecule has 2 rings (SSSR count). The Morgan fingerprint density at radius 2 is 1.79 bits per heavy atom. The van der Waals surface area contributed by atoms with E-state index in [4.69, 9.17) is 0 Å². The van der Waals surface area contributed by atoms with Gasteiger partial charge in [-0.2, -0.15) is 13.2 Å². The third-order valence-electron chi connectivity index (χ3n) is 3.83. The summed E-state index contributed by atoms with van der Waals surface area (Å²) in [6, 6.07) is 2.80. The number of carbonyl (C=O) groups is 2. The summed E-state index contributed by atoms with van der Waals surface area (Å²) in [7, 11) is 0. The molecule has 0 bridgehead atoms. The summed E-state index contributed by atoms with van der Waals surface area (Å²) < 4.78 is 37.8. The van der Waals surface area contributed by atoms with Crippen molar-refractivity contribution in [3.05, 3.63) is 59.8 Å². The molecule has 1 aromatic rings. The molecule has 24 heavy (non-hydrogen) atoms. The van der Waals surface area contributed by atoms with Crippen molar-refractivity contribution in [1.29, 1.82) is 0 Å². The molecule has 1 aromatic carbocycles. The SMILES string of the molecule is CC(C(=O)O)C(C(=O)c1ccc(C(F)(F)F)cc1)N1C=CC=CC1. The molecule has 2 atom stereocenters. The van der Waals surface area contributed by atoms with E-state index in [1.54, 1.807) is 29.3 Å². The molecule has 1 heterocycles. The Balaban J connectivity index is 2.32. The number of carboxylic acids is 1. The van der Waals surface area contributed by atoms with Crippen LogP contribution in [0.15, 0.2) is 48.7 Å². The van der Waals surface area contributed by atoms with Crippen LogP contribution >= 0.6 is 0 Å². The lowest BCUT2D eigenvalue weighted by molar-refractivity contribution is -0.142. The molecule has 1 N–H and O–H groups in total. The van der Waals surface area contributed by atoms with Crippen LogP contribution in [0.4, 0.5) is 13.2 Å². The minimum absolute atomic E-state index is 0.0454. The van der Waals surface area contributed by atoms with E-state index in [1.807, 2.05) is 0 Å². The summed E-state index contributed by atoms with van der Waals surface area (Å²) >= 11 is 0. The summed E-state index contributed by atoms with van der Waals surface area (Å²) in [6.07, 6.45) is 2.32. The van der Waals surface area contributed by atoms with E-state index in [0.717, 1.165) is 24.3 Å². The van der Waals surface area contributed by atoms with Crippen LogP contribution in [0.25, 0.3) is 0 Å². The van der Waals surface area contributed by atoms with Gasteiger partial charge in [-0.1, -0.05) is 24.3 Å². The second kappa shape index (κ2) is 6.90. The first kappa shape index (κ1) is 17.8. The minimum atomic E-state index is -4.49. The van der Waals surface area contributed by atoms with Gasteiger partial charge in [-0.3, -0.25) is 9.59 Å². The number of nitrogens with zero attached hydrogens (tertiary/aromatic N) is 1. The van der Waals surface area contributed by atoms with Crippen LogP contribution in [0.5, 0.6) is 0 Å². The number of hydrogen-bond donors (Lipinski definition) is 1. The number of hydrogen-bond acceptors (Lipinski definition) is 3. The number of allylic oxidation sites excluding steroid dienone is 2. The lowest BCUT2D eigenvalue weighted by Crippen LogP contribution is -2.45. The van der Waals surface area contributed by atoms with Crippen LogP contribution in [-0.2, 0) is 11.0 Å². The minimum Gasteiger partial charge on any atom is -0.481 e. The average Bonchev–Trinajstić information content (AvgIpc) is 2.55. The molecule has 0 saturated carbocycles. The largest absolute Gasteiger partial charge is 0.481 e. The van der Waals surface area contributed by atoms with Gasteiger partial charge in [0.25, 0.3) is 0 Å². The Hall–Kier alpha value is -2.57. The van der Waals surface area contributed by atoms with Crippen molar-refractivity contribution in [2.24, 2.45) is 5.92 Å². The van der Waals surface area contributed by atoms with Gasteiger partial charge in [-0.05, 0) is 25.1 Å². The Morgan fingerprint density at radius 1 is 1.17 bits per heavy atom. The van der Waals surface area contributed by atoms with Gasteiger partial charge in [0.2, 0.25) is 0 Å². The molecular formula is C17H16F3NO3. The third-order valence-corrected chi connectivity index (χ3v) is 3.83. The molecule has 1 aliphatic rings. The fourth-order valence-corrected chi connectivity index (χ4v) is 2.48. The van der Waals surface area contributed by atoms with Gasteiger partial charge in [-0.15, -0.1) is 0 Å². The van der Waals surface area contributed by atoms with E-state index in [2.05, 4.69) is 0 Å². The molecule has 0 fully saturated rings. The topological polar surface area (TPSA) is 57.6 Å². The maximum atomic E-state index is 12.7. The van der Waals surface area contributed by atoms with Gasteiger partial charge < -0.3 is 10.0 Å². The van der Waals surface area contributed by atoms with Crippen LogP contribution in [-0.4, -0.2) is 34.3 Å². The van der Waals surface area contributed by atoms with Crippen LogP contribution in [0.2, 0.25) is 0 Å². The molecule has 0 radical (unpaired) electrons. The highest BCUT2D eigenvalue weighted by molar-refractivity contribution is 6.02. The van der Waals surface area contributed by atoms with E-state index < -0.39 is 35.5 Å². The molecule has 7 heteroatoms. The van der Waals surface area contributed by atoms with Gasteiger partial charge in [0.1, 0.15) is 6.04 Å². The summed E-state index contributed by atoms with van der Waals surface area (Å²) in [5.41, 5.74) is -0.813. The molecule has 0 aromatic heterocycles. The summed E-state index contributed by atoms with van der Waals surface area (Å²) in [5, 5.41) is 9.26. The number of aliphatic carboxylic acids is 1. The van der Waals surface area contributed by atoms with E-state index in [1.165, 1.54) is 6.92 Å². The second-order valence-corrected chi connectivity index (χ2v) is 5.48. The fourth-order valence-electron chi connectivity index (χ4n) is 2.48. The van der Waals surface area contributed by atoms with Gasteiger partial charge >= 0.3 is 12.1 Å². The van der Waals surface area contributed by atoms with E-state index in [0.29, 0.717) is 6.54 Å². The Bertz CT molecular complexity index is 677. The van der Waals surface area contributed by atoms with Crippen LogP contribution in [0, 0.1) is 5.92 Å². The first-order valence-corrected chi connectivity index (χ1v) is 7.25. The van der Waals surface area contributed by atoms with Crippen molar-refractivity contribution in [2.45, 2.75) is 19.1 Å². The van der Waals surface area contributed by atoms with Gasteiger partial charge in [-0.25, -0.2) is 0 Å². The molecule has 0 spiro atoms. The number of benzene rings is 1. The highest BCUT2D eigenvalue weighted by Gasteiger charge is 2.35. The number of Topliss-reactive ketones (excluding diaryl/α,β-unsaturated/α-hetero) is 1. The zero-order valence-corrected chi connectivity index (χ0v) is 12.8. The molecule has 128 valence electrons. The summed E-state index contributed by atoms with van der Waals surface area (Å²) in [6.45, 7) is 1.76. The predicted molar refractivity (Wildman–Crippen MR) is 81.3 cm³/mol. The molecule has 0 saturated heterocycles. The average molecular weight is 339 g/mol. The quantitative estimate of drug-likeness (QED) is 0.836. The highest BCUT2D eigenvalue weighted by Crippen LogP contribution is 2.29. The van der Waals surface area contributed by atoms with Gasteiger partial charge in [0.15, 0.2) is 5.78 Å². The zero-order chi connectivity index (χ0) is 17.9. The first-order chi connectivity index (χ1) is 11.2. The smallest absolute Gasteiger partial charge is 0.416 e. The second-order valence-electron chi connectivity index (χ2n) is 5.48. The maximum Gasteiger partial charge on any atom is 0.416 e. The van der Waals surface area contributed by atoms with Crippen molar-refractivity contribution in [2.75, 3.05) is 6.54 Å². The van der Waals surface area contributed by atoms with Crippen LogP contribution in [0.1, 0.15) is 22.8 Å². The van der Waals surface area contributed by atoms with Crippen LogP contribution in [0.3, 0.4) is 0 Å². The lowest BCUT2D eigenvalue weighted by Gasteiger charge is -2.32. The normalized spacial score (nSPS) is 16.8. The summed E-state index contributed by atoms with van der Waals surface area (Å²) in [5.74, 6) is -2.70. The van der Waals surface area contributed by atoms with Crippen molar-refractivity contribution in [3.8, 4) is 0 Å². The van der Waals surface area contributed by atoms with E-state index in [-0.39, 0.29) is 5.56 Å². The standard InChI is InChI=1S/C17H16F3NO3/c1-11(16(23)24)14(21-9-3-2-4-10-21)15(22)12-5-7-13(8-6-12)17(18,19)20/h2-9,11,14H,10H2,1H3,(H,23,24).